The monoisotopic (exact) mass is 300 g/mol. The highest BCUT2D eigenvalue weighted by atomic mass is 35.5. The SMILES string of the molecule is Cl.O=C(CCC1CCCCC1)N1C2CCNCC1CC2. The van der Waals surface area contributed by atoms with Crippen molar-refractivity contribution in [2.45, 2.75) is 76.3 Å². The summed E-state index contributed by atoms with van der Waals surface area (Å²) in [6.07, 6.45) is 12.5. The van der Waals surface area contributed by atoms with E-state index in [1.54, 1.807) is 0 Å². The Labute approximate surface area is 129 Å². The zero-order chi connectivity index (χ0) is 13.1. The lowest BCUT2D eigenvalue weighted by Gasteiger charge is -2.29. The van der Waals surface area contributed by atoms with Crippen molar-refractivity contribution in [3.05, 3.63) is 0 Å². The number of nitrogens with zero attached hydrogens (tertiary/aromatic N) is 1. The van der Waals surface area contributed by atoms with Crippen molar-refractivity contribution < 1.29 is 4.79 Å². The third kappa shape index (κ3) is 3.67. The molecule has 2 unspecified atom stereocenters. The van der Waals surface area contributed by atoms with E-state index in [9.17, 15) is 4.79 Å². The van der Waals surface area contributed by atoms with Gasteiger partial charge in [0.25, 0.3) is 0 Å². The number of hydrogen-bond donors (Lipinski definition) is 1. The average molecular weight is 301 g/mol. The van der Waals surface area contributed by atoms with Crippen LogP contribution in [0.15, 0.2) is 0 Å². The maximum Gasteiger partial charge on any atom is 0.223 e. The van der Waals surface area contributed by atoms with Crippen molar-refractivity contribution in [1.29, 1.82) is 0 Å². The zero-order valence-electron chi connectivity index (χ0n) is 12.5. The topological polar surface area (TPSA) is 32.3 Å². The van der Waals surface area contributed by atoms with Gasteiger partial charge >= 0.3 is 0 Å². The molecule has 3 aliphatic rings. The first-order chi connectivity index (χ1) is 9.34. The summed E-state index contributed by atoms with van der Waals surface area (Å²) in [5, 5.41) is 3.48. The molecule has 2 heterocycles. The maximum absolute atomic E-state index is 12.6. The Morgan fingerprint density at radius 2 is 1.75 bits per heavy atom. The van der Waals surface area contributed by atoms with E-state index in [1.807, 2.05) is 0 Å². The standard InChI is InChI=1S/C16H28N2O.ClH/c19-16(9-6-13-4-2-1-3-5-13)18-14-7-8-15(18)12-17-11-10-14;/h13-15,17H,1-12H2;1H. The van der Waals surface area contributed by atoms with Crippen LogP contribution in [0.3, 0.4) is 0 Å². The fourth-order valence-electron chi connectivity index (χ4n) is 4.32. The van der Waals surface area contributed by atoms with Gasteiger partial charge < -0.3 is 10.2 Å². The molecule has 2 aliphatic heterocycles. The fraction of sp³-hybridized carbons (Fsp3) is 0.938. The van der Waals surface area contributed by atoms with E-state index < -0.39 is 0 Å². The Hall–Kier alpha value is -0.280. The first kappa shape index (κ1) is 16.1. The molecule has 4 heteroatoms. The first-order valence-electron chi connectivity index (χ1n) is 8.36. The largest absolute Gasteiger partial charge is 0.335 e. The molecule has 0 spiro atoms. The highest BCUT2D eigenvalue weighted by Gasteiger charge is 2.37. The molecule has 2 saturated heterocycles. The number of hydrogen-bond acceptors (Lipinski definition) is 2. The van der Waals surface area contributed by atoms with Crippen LogP contribution in [-0.2, 0) is 4.79 Å². The van der Waals surface area contributed by atoms with Gasteiger partial charge in [0.2, 0.25) is 5.91 Å². The summed E-state index contributed by atoms with van der Waals surface area (Å²) in [5.41, 5.74) is 0. The molecule has 1 amide bonds. The van der Waals surface area contributed by atoms with E-state index in [1.165, 1.54) is 44.9 Å². The molecule has 2 bridgehead atoms. The van der Waals surface area contributed by atoms with Gasteiger partial charge in [-0.2, -0.15) is 0 Å². The van der Waals surface area contributed by atoms with E-state index in [0.717, 1.165) is 38.3 Å². The number of rotatable bonds is 3. The second kappa shape index (κ2) is 7.65. The summed E-state index contributed by atoms with van der Waals surface area (Å²) < 4.78 is 0. The fourth-order valence-corrected chi connectivity index (χ4v) is 4.32. The van der Waals surface area contributed by atoms with Gasteiger partial charge in [0.05, 0.1) is 0 Å². The van der Waals surface area contributed by atoms with Crippen molar-refractivity contribution in [3.63, 3.8) is 0 Å². The van der Waals surface area contributed by atoms with Crippen molar-refractivity contribution in [2.24, 2.45) is 5.92 Å². The zero-order valence-corrected chi connectivity index (χ0v) is 13.3. The van der Waals surface area contributed by atoms with Crippen LogP contribution in [0.5, 0.6) is 0 Å². The molecular formula is C16H29ClN2O. The molecule has 116 valence electrons. The second-order valence-electron chi connectivity index (χ2n) is 6.72. The Morgan fingerprint density at radius 3 is 2.55 bits per heavy atom. The quantitative estimate of drug-likeness (QED) is 0.868. The van der Waals surface area contributed by atoms with Crippen LogP contribution in [0.4, 0.5) is 0 Å². The molecule has 0 aromatic rings. The lowest BCUT2D eigenvalue weighted by molar-refractivity contribution is -0.134. The number of halogens is 1. The third-order valence-electron chi connectivity index (χ3n) is 5.43. The summed E-state index contributed by atoms with van der Waals surface area (Å²) >= 11 is 0. The molecule has 1 N–H and O–H groups in total. The van der Waals surface area contributed by atoms with E-state index in [2.05, 4.69) is 10.2 Å². The van der Waals surface area contributed by atoms with Crippen molar-refractivity contribution in [1.82, 2.24) is 10.2 Å². The Bertz CT molecular complexity index is 304. The number of fused-ring (bicyclic) bond motifs is 2. The third-order valence-corrected chi connectivity index (χ3v) is 5.43. The molecule has 0 radical (unpaired) electrons. The van der Waals surface area contributed by atoms with Crippen molar-refractivity contribution >= 4 is 18.3 Å². The molecule has 1 saturated carbocycles. The van der Waals surface area contributed by atoms with Crippen LogP contribution >= 0.6 is 12.4 Å². The van der Waals surface area contributed by atoms with Gasteiger partial charge in [-0.05, 0) is 38.1 Å². The van der Waals surface area contributed by atoms with Gasteiger partial charge in [0, 0.05) is 25.0 Å². The Morgan fingerprint density at radius 1 is 1.00 bits per heavy atom. The Balaban J connectivity index is 0.00000147. The van der Waals surface area contributed by atoms with Crippen molar-refractivity contribution in [3.8, 4) is 0 Å². The molecule has 3 fully saturated rings. The minimum atomic E-state index is 0. The van der Waals surface area contributed by atoms with Crippen molar-refractivity contribution in [2.75, 3.05) is 13.1 Å². The van der Waals surface area contributed by atoms with Gasteiger partial charge in [-0.15, -0.1) is 12.4 Å². The lowest BCUT2D eigenvalue weighted by atomic mass is 9.86. The number of carbonyl (C=O) groups is 1. The number of amides is 1. The first-order valence-corrected chi connectivity index (χ1v) is 8.36. The molecule has 1 aliphatic carbocycles. The molecular weight excluding hydrogens is 272 g/mol. The minimum absolute atomic E-state index is 0. The molecule has 3 nitrogen and oxygen atoms in total. The molecule has 0 aromatic heterocycles. The van der Waals surface area contributed by atoms with Crippen LogP contribution < -0.4 is 5.32 Å². The van der Waals surface area contributed by atoms with Gasteiger partial charge in [-0.3, -0.25) is 4.79 Å². The molecule has 2 atom stereocenters. The highest BCUT2D eigenvalue weighted by molar-refractivity contribution is 5.85. The average Bonchev–Trinajstić information content (AvgIpc) is 2.71. The summed E-state index contributed by atoms with van der Waals surface area (Å²) in [7, 11) is 0. The van der Waals surface area contributed by atoms with E-state index >= 15 is 0 Å². The van der Waals surface area contributed by atoms with Gasteiger partial charge in [-0.25, -0.2) is 0 Å². The van der Waals surface area contributed by atoms with Crippen LogP contribution in [0, 0.1) is 5.92 Å². The molecule has 20 heavy (non-hydrogen) atoms. The predicted molar refractivity (Wildman–Crippen MR) is 84.2 cm³/mol. The summed E-state index contributed by atoms with van der Waals surface area (Å²) in [6, 6.07) is 1.03. The van der Waals surface area contributed by atoms with Gasteiger partial charge in [-0.1, -0.05) is 32.1 Å². The Kier molecular flexibility index (Phi) is 6.16. The second-order valence-corrected chi connectivity index (χ2v) is 6.72. The normalized spacial score (nSPS) is 30.7. The maximum atomic E-state index is 12.6. The number of nitrogens with one attached hydrogen (secondary N) is 1. The van der Waals surface area contributed by atoms with Gasteiger partial charge in [0.1, 0.15) is 0 Å². The highest BCUT2D eigenvalue weighted by Crippen LogP contribution is 2.31. The minimum Gasteiger partial charge on any atom is -0.335 e. The van der Waals surface area contributed by atoms with E-state index in [-0.39, 0.29) is 12.4 Å². The molecule has 3 rings (SSSR count). The van der Waals surface area contributed by atoms with E-state index in [0.29, 0.717) is 18.0 Å². The summed E-state index contributed by atoms with van der Waals surface area (Å²) in [4.78, 5) is 14.8. The molecule has 0 aromatic carbocycles. The predicted octanol–water partition coefficient (Wildman–Crippen LogP) is 3.12. The summed E-state index contributed by atoms with van der Waals surface area (Å²) in [5.74, 6) is 1.28. The van der Waals surface area contributed by atoms with E-state index in [4.69, 9.17) is 0 Å². The lowest BCUT2D eigenvalue weighted by Crippen LogP contribution is -2.42. The van der Waals surface area contributed by atoms with Crippen LogP contribution in [0.25, 0.3) is 0 Å². The smallest absolute Gasteiger partial charge is 0.223 e. The van der Waals surface area contributed by atoms with Crippen LogP contribution in [0.2, 0.25) is 0 Å². The summed E-state index contributed by atoms with van der Waals surface area (Å²) in [6.45, 7) is 2.11. The number of carbonyl (C=O) groups excluding carboxylic acids is 1. The van der Waals surface area contributed by atoms with Crippen LogP contribution in [0.1, 0.15) is 64.2 Å². The van der Waals surface area contributed by atoms with Crippen LogP contribution in [-0.4, -0.2) is 36.0 Å². The van der Waals surface area contributed by atoms with Gasteiger partial charge in [0.15, 0.2) is 0 Å².